The molecular formula is C15H19NO2. The molecule has 3 unspecified atom stereocenters. The molecule has 18 heavy (non-hydrogen) atoms. The van der Waals surface area contributed by atoms with E-state index >= 15 is 0 Å². The average molecular weight is 245 g/mol. The van der Waals surface area contributed by atoms with E-state index in [0.29, 0.717) is 17.9 Å². The maximum atomic E-state index is 11.9. The molecule has 0 spiro atoms. The minimum absolute atomic E-state index is 0.0762. The first kappa shape index (κ1) is 12.8. The van der Waals surface area contributed by atoms with Crippen LogP contribution < -0.4 is 5.32 Å². The Morgan fingerprint density at radius 1 is 1.33 bits per heavy atom. The Kier molecular flexibility index (Phi) is 3.80. The third-order valence-corrected chi connectivity index (χ3v) is 3.42. The number of benzene rings is 1. The zero-order valence-electron chi connectivity index (χ0n) is 10.8. The molecule has 1 aliphatic carbocycles. The molecule has 3 nitrogen and oxygen atoms in total. The van der Waals surface area contributed by atoms with E-state index in [4.69, 9.17) is 0 Å². The van der Waals surface area contributed by atoms with Crippen molar-refractivity contribution in [3.63, 3.8) is 0 Å². The zero-order valence-corrected chi connectivity index (χ0v) is 10.8. The van der Waals surface area contributed by atoms with Gasteiger partial charge >= 0.3 is 0 Å². The number of carbonyl (C=O) groups is 2. The van der Waals surface area contributed by atoms with Crippen molar-refractivity contribution in [2.75, 3.05) is 0 Å². The van der Waals surface area contributed by atoms with Gasteiger partial charge in [0, 0.05) is 23.9 Å². The normalized spacial score (nSPS) is 23.2. The van der Waals surface area contributed by atoms with Gasteiger partial charge in [0.2, 0.25) is 5.91 Å². The quantitative estimate of drug-likeness (QED) is 0.810. The van der Waals surface area contributed by atoms with Gasteiger partial charge in [-0.3, -0.25) is 9.59 Å². The molecule has 1 aliphatic rings. The first-order chi connectivity index (χ1) is 8.58. The topological polar surface area (TPSA) is 46.2 Å². The van der Waals surface area contributed by atoms with E-state index in [1.165, 1.54) is 0 Å². The van der Waals surface area contributed by atoms with E-state index in [1.54, 1.807) is 12.1 Å². The number of carbonyl (C=O) groups excluding carboxylic acids is 2. The fourth-order valence-corrected chi connectivity index (χ4v) is 2.11. The van der Waals surface area contributed by atoms with Crippen LogP contribution in [0, 0.1) is 11.8 Å². The van der Waals surface area contributed by atoms with Gasteiger partial charge in [-0.1, -0.05) is 37.3 Å². The molecule has 1 saturated carbocycles. The number of nitrogens with one attached hydrogen (secondary N) is 1. The number of Topliss-reactive ketones (excluding diaryl/α,β-unsaturated/α-hetero) is 1. The summed E-state index contributed by atoms with van der Waals surface area (Å²) in [4.78, 5) is 23.7. The van der Waals surface area contributed by atoms with Gasteiger partial charge in [-0.25, -0.2) is 0 Å². The van der Waals surface area contributed by atoms with Crippen molar-refractivity contribution < 1.29 is 9.59 Å². The van der Waals surface area contributed by atoms with Crippen LogP contribution in [0.5, 0.6) is 0 Å². The van der Waals surface area contributed by atoms with Crippen LogP contribution in [0.3, 0.4) is 0 Å². The lowest BCUT2D eigenvalue weighted by Crippen LogP contribution is -2.35. The molecule has 0 bridgehead atoms. The summed E-state index contributed by atoms with van der Waals surface area (Å²) in [6.45, 7) is 3.95. The van der Waals surface area contributed by atoms with E-state index in [9.17, 15) is 9.59 Å². The van der Waals surface area contributed by atoms with Crippen LogP contribution in [0.2, 0.25) is 0 Å². The van der Waals surface area contributed by atoms with Crippen molar-refractivity contribution in [1.82, 2.24) is 5.32 Å². The van der Waals surface area contributed by atoms with E-state index < -0.39 is 0 Å². The molecular weight excluding hydrogens is 226 g/mol. The Hall–Kier alpha value is -1.64. The van der Waals surface area contributed by atoms with Crippen LogP contribution >= 0.6 is 0 Å². The van der Waals surface area contributed by atoms with Crippen molar-refractivity contribution in [2.45, 2.75) is 32.7 Å². The molecule has 3 heteroatoms. The van der Waals surface area contributed by atoms with Crippen molar-refractivity contribution in [1.29, 1.82) is 0 Å². The summed E-state index contributed by atoms with van der Waals surface area (Å²) in [7, 11) is 0. The Labute approximate surface area is 108 Å². The fraction of sp³-hybridized carbons (Fsp3) is 0.467. The Morgan fingerprint density at radius 2 is 1.94 bits per heavy atom. The monoisotopic (exact) mass is 245 g/mol. The number of amides is 1. The van der Waals surface area contributed by atoms with Crippen LogP contribution in [0.1, 0.15) is 37.0 Å². The third-order valence-electron chi connectivity index (χ3n) is 3.42. The molecule has 1 aromatic rings. The second-order valence-electron chi connectivity index (χ2n) is 5.22. The fourth-order valence-electron chi connectivity index (χ4n) is 2.11. The molecule has 1 N–H and O–H groups in total. The highest BCUT2D eigenvalue weighted by molar-refractivity contribution is 5.96. The lowest BCUT2D eigenvalue weighted by atomic mass is 10.0. The molecule has 0 heterocycles. The van der Waals surface area contributed by atoms with Gasteiger partial charge in [-0.05, 0) is 19.3 Å². The zero-order chi connectivity index (χ0) is 13.1. The highest BCUT2D eigenvalue weighted by atomic mass is 16.2. The number of hydrogen-bond acceptors (Lipinski definition) is 2. The largest absolute Gasteiger partial charge is 0.353 e. The summed E-state index contributed by atoms with van der Waals surface area (Å²) in [5.74, 6) is 0.837. The minimum Gasteiger partial charge on any atom is -0.353 e. The third kappa shape index (κ3) is 3.19. The summed E-state index contributed by atoms with van der Waals surface area (Å²) >= 11 is 0. The summed E-state index contributed by atoms with van der Waals surface area (Å²) < 4.78 is 0. The molecule has 1 aromatic carbocycles. The smallest absolute Gasteiger partial charge is 0.223 e. The first-order valence-electron chi connectivity index (χ1n) is 6.46. The van der Waals surface area contributed by atoms with Crippen molar-refractivity contribution in [2.24, 2.45) is 11.8 Å². The van der Waals surface area contributed by atoms with Crippen LogP contribution in [-0.2, 0) is 4.79 Å². The van der Waals surface area contributed by atoms with Gasteiger partial charge in [0.15, 0.2) is 5.78 Å². The molecule has 0 aliphatic heterocycles. The summed E-state index contributed by atoms with van der Waals surface area (Å²) in [5.41, 5.74) is 0.707. The Balaban J connectivity index is 1.82. The maximum absolute atomic E-state index is 11.9. The molecule has 0 saturated heterocycles. The summed E-state index contributed by atoms with van der Waals surface area (Å²) in [6, 6.07) is 9.10. The second-order valence-corrected chi connectivity index (χ2v) is 5.22. The SMILES string of the molecule is CC(CC(=O)c1ccccc1)NC(=O)C1CC1C. The van der Waals surface area contributed by atoms with Crippen LogP contribution in [-0.4, -0.2) is 17.7 Å². The predicted molar refractivity (Wildman–Crippen MR) is 70.3 cm³/mol. The Bertz CT molecular complexity index is 441. The van der Waals surface area contributed by atoms with Crippen molar-refractivity contribution in [3.8, 4) is 0 Å². The van der Waals surface area contributed by atoms with Gasteiger partial charge in [0.05, 0.1) is 0 Å². The standard InChI is InChI=1S/C15H19NO2/c1-10-8-13(10)15(18)16-11(2)9-14(17)12-6-4-3-5-7-12/h3-7,10-11,13H,8-9H2,1-2H3,(H,16,18). The van der Waals surface area contributed by atoms with Crippen molar-refractivity contribution in [3.05, 3.63) is 35.9 Å². The first-order valence-corrected chi connectivity index (χ1v) is 6.46. The molecule has 3 atom stereocenters. The van der Waals surface area contributed by atoms with E-state index in [1.807, 2.05) is 25.1 Å². The molecule has 0 aromatic heterocycles. The highest BCUT2D eigenvalue weighted by Crippen LogP contribution is 2.37. The molecule has 1 amide bonds. The van der Waals surface area contributed by atoms with Gasteiger partial charge in [0.1, 0.15) is 0 Å². The molecule has 1 fully saturated rings. The van der Waals surface area contributed by atoms with E-state index in [2.05, 4.69) is 12.2 Å². The lowest BCUT2D eigenvalue weighted by molar-refractivity contribution is -0.123. The number of rotatable bonds is 5. The van der Waals surface area contributed by atoms with Crippen molar-refractivity contribution >= 4 is 11.7 Å². The van der Waals surface area contributed by atoms with Crippen LogP contribution in [0.4, 0.5) is 0 Å². The van der Waals surface area contributed by atoms with Gasteiger partial charge in [-0.15, -0.1) is 0 Å². The van der Waals surface area contributed by atoms with Crippen LogP contribution in [0.25, 0.3) is 0 Å². The van der Waals surface area contributed by atoms with Gasteiger partial charge in [0.25, 0.3) is 0 Å². The predicted octanol–water partition coefficient (Wildman–Crippen LogP) is 2.42. The maximum Gasteiger partial charge on any atom is 0.223 e. The van der Waals surface area contributed by atoms with E-state index in [-0.39, 0.29) is 23.7 Å². The number of hydrogen-bond donors (Lipinski definition) is 1. The van der Waals surface area contributed by atoms with Gasteiger partial charge < -0.3 is 5.32 Å². The lowest BCUT2D eigenvalue weighted by Gasteiger charge is -2.13. The minimum atomic E-state index is -0.0991. The summed E-state index contributed by atoms with van der Waals surface area (Å²) in [6.07, 6.45) is 1.34. The number of ketones is 1. The molecule has 0 radical (unpaired) electrons. The molecule has 96 valence electrons. The Morgan fingerprint density at radius 3 is 2.50 bits per heavy atom. The summed E-state index contributed by atoms with van der Waals surface area (Å²) in [5, 5.41) is 2.91. The van der Waals surface area contributed by atoms with E-state index in [0.717, 1.165) is 6.42 Å². The second kappa shape index (κ2) is 5.34. The average Bonchev–Trinajstić information content (AvgIpc) is 3.07. The van der Waals surface area contributed by atoms with Gasteiger partial charge in [-0.2, -0.15) is 0 Å². The molecule has 2 rings (SSSR count). The van der Waals surface area contributed by atoms with Crippen LogP contribution in [0.15, 0.2) is 30.3 Å². The highest BCUT2D eigenvalue weighted by Gasteiger charge is 2.39.